The molecule has 1 fully saturated rings. The summed E-state index contributed by atoms with van der Waals surface area (Å²) in [6, 6.07) is 10.2. The van der Waals surface area contributed by atoms with E-state index in [9.17, 15) is 8.42 Å². The molecule has 1 N–H and O–H groups in total. The summed E-state index contributed by atoms with van der Waals surface area (Å²) in [5, 5.41) is 1.35. The van der Waals surface area contributed by atoms with Crippen LogP contribution in [0.2, 0.25) is 5.02 Å². The highest BCUT2D eigenvalue weighted by atomic mass is 35.5. The second kappa shape index (κ2) is 8.42. The number of anilines is 2. The zero-order valence-corrected chi connectivity index (χ0v) is 18.3. The molecule has 1 aliphatic heterocycles. The predicted octanol–water partition coefficient (Wildman–Crippen LogP) is 3.92. The Balaban J connectivity index is 0.00000225. The van der Waals surface area contributed by atoms with Gasteiger partial charge in [0.1, 0.15) is 10.0 Å². The van der Waals surface area contributed by atoms with E-state index in [1.807, 2.05) is 6.07 Å². The molecule has 10 heteroatoms. The molecule has 4 rings (SSSR count). The van der Waals surface area contributed by atoms with Crippen molar-refractivity contribution in [1.82, 2.24) is 9.88 Å². The van der Waals surface area contributed by atoms with E-state index in [1.54, 1.807) is 36.5 Å². The third-order valence-electron chi connectivity index (χ3n) is 4.55. The molecule has 0 aliphatic carbocycles. The number of likely N-dealkylation sites (N-methyl/N-ethyl adjacent to an activating group) is 1. The lowest BCUT2D eigenvalue weighted by Gasteiger charge is -2.33. The molecule has 3 heterocycles. The third-order valence-corrected chi connectivity index (χ3v) is 7.74. The van der Waals surface area contributed by atoms with Crippen LogP contribution >= 0.6 is 35.3 Å². The number of nitrogens with zero attached hydrogens (tertiary/aromatic N) is 3. The number of piperazine rings is 1. The average Bonchev–Trinajstić information content (AvgIpc) is 3.07. The summed E-state index contributed by atoms with van der Waals surface area (Å²) in [5.41, 5.74) is 0.442. The molecule has 1 saturated heterocycles. The monoisotopic (exact) mass is 458 g/mol. The van der Waals surface area contributed by atoms with Crippen molar-refractivity contribution in [1.29, 1.82) is 0 Å². The van der Waals surface area contributed by atoms with Crippen LogP contribution in [0, 0.1) is 0 Å². The van der Waals surface area contributed by atoms with Crippen LogP contribution in [0.1, 0.15) is 0 Å². The summed E-state index contributed by atoms with van der Waals surface area (Å²) in [7, 11) is -1.59. The first-order valence-corrected chi connectivity index (χ1v) is 11.2. The van der Waals surface area contributed by atoms with Crippen LogP contribution in [0.4, 0.5) is 11.5 Å². The largest absolute Gasteiger partial charge is 0.354 e. The highest BCUT2D eigenvalue weighted by Crippen LogP contribution is 2.35. The molecule has 0 amide bonds. The lowest BCUT2D eigenvalue weighted by molar-refractivity contribution is 0.312. The van der Waals surface area contributed by atoms with Gasteiger partial charge in [-0.1, -0.05) is 17.7 Å². The third kappa shape index (κ3) is 4.36. The standard InChI is InChI=1S/C18H19ClN4O2S2.ClH/c1-22-7-9-23(10-8-22)18-15-12-17(26-16(15)5-6-20-18)27(24,25)21-14-4-2-3-13(19)11-14;/h2-6,11-12,21H,7-10H2,1H3;1H. The maximum Gasteiger partial charge on any atom is 0.271 e. The average molecular weight is 459 g/mol. The summed E-state index contributed by atoms with van der Waals surface area (Å²) >= 11 is 7.20. The lowest BCUT2D eigenvalue weighted by Crippen LogP contribution is -2.44. The van der Waals surface area contributed by atoms with Gasteiger partial charge in [-0.25, -0.2) is 13.4 Å². The summed E-state index contributed by atoms with van der Waals surface area (Å²) in [6.07, 6.45) is 1.74. The first-order chi connectivity index (χ1) is 12.9. The van der Waals surface area contributed by atoms with Gasteiger partial charge in [0.15, 0.2) is 0 Å². The molecule has 2 aromatic heterocycles. The van der Waals surface area contributed by atoms with Crippen molar-refractivity contribution >= 4 is 67.0 Å². The van der Waals surface area contributed by atoms with Crippen molar-refractivity contribution in [3.05, 3.63) is 47.6 Å². The number of hydrogen-bond acceptors (Lipinski definition) is 6. The Hall–Kier alpha value is -1.58. The van der Waals surface area contributed by atoms with E-state index in [0.29, 0.717) is 10.7 Å². The van der Waals surface area contributed by atoms with Gasteiger partial charge in [-0.05, 0) is 37.4 Å². The second-order valence-electron chi connectivity index (χ2n) is 6.52. The molecule has 0 radical (unpaired) electrons. The Labute approximate surface area is 179 Å². The quantitative estimate of drug-likeness (QED) is 0.641. The van der Waals surface area contributed by atoms with Crippen LogP contribution in [-0.2, 0) is 10.0 Å². The normalized spacial score (nSPS) is 15.4. The smallest absolute Gasteiger partial charge is 0.271 e. The Morgan fingerprint density at radius 2 is 1.89 bits per heavy atom. The molecule has 150 valence electrons. The van der Waals surface area contributed by atoms with Crippen molar-refractivity contribution in [2.75, 3.05) is 42.8 Å². The van der Waals surface area contributed by atoms with E-state index in [1.165, 1.54) is 11.3 Å². The van der Waals surface area contributed by atoms with Crippen molar-refractivity contribution in [3.63, 3.8) is 0 Å². The molecule has 6 nitrogen and oxygen atoms in total. The number of fused-ring (bicyclic) bond motifs is 1. The zero-order chi connectivity index (χ0) is 19.0. The second-order valence-corrected chi connectivity index (χ2v) is 9.95. The van der Waals surface area contributed by atoms with E-state index >= 15 is 0 Å². The topological polar surface area (TPSA) is 65.5 Å². The van der Waals surface area contributed by atoms with Crippen LogP contribution in [0.3, 0.4) is 0 Å². The number of benzene rings is 1. The van der Waals surface area contributed by atoms with Crippen molar-refractivity contribution in [3.8, 4) is 0 Å². The van der Waals surface area contributed by atoms with Crippen LogP contribution in [-0.4, -0.2) is 51.5 Å². The molecular weight excluding hydrogens is 439 g/mol. The Bertz CT molecular complexity index is 1080. The molecule has 3 aromatic rings. The number of thiophene rings is 1. The fraction of sp³-hybridized carbons (Fsp3) is 0.278. The predicted molar refractivity (Wildman–Crippen MR) is 119 cm³/mol. The first-order valence-electron chi connectivity index (χ1n) is 8.53. The highest BCUT2D eigenvalue weighted by Gasteiger charge is 2.22. The van der Waals surface area contributed by atoms with Crippen molar-refractivity contribution in [2.45, 2.75) is 4.21 Å². The number of hydrogen-bond donors (Lipinski definition) is 1. The SMILES string of the molecule is CN1CCN(c2nccc3sc(S(=O)(=O)Nc4cccc(Cl)c4)cc23)CC1.Cl. The molecule has 1 aromatic carbocycles. The van der Waals surface area contributed by atoms with Crippen LogP contribution < -0.4 is 9.62 Å². The Kier molecular flexibility index (Phi) is 6.36. The van der Waals surface area contributed by atoms with Crippen LogP contribution in [0.25, 0.3) is 10.1 Å². The Morgan fingerprint density at radius 3 is 2.61 bits per heavy atom. The maximum absolute atomic E-state index is 12.8. The van der Waals surface area contributed by atoms with Crippen LogP contribution in [0.15, 0.2) is 46.8 Å². The molecule has 28 heavy (non-hydrogen) atoms. The molecule has 0 atom stereocenters. The molecular formula is C18H20Cl2N4O2S2. The number of nitrogens with one attached hydrogen (secondary N) is 1. The number of halogens is 2. The van der Waals surface area contributed by atoms with Crippen molar-refractivity contribution in [2.24, 2.45) is 0 Å². The number of aromatic nitrogens is 1. The summed E-state index contributed by atoms with van der Waals surface area (Å²) in [6.45, 7) is 3.68. The van der Waals surface area contributed by atoms with Gasteiger partial charge >= 0.3 is 0 Å². The van der Waals surface area contributed by atoms with Gasteiger partial charge in [-0.3, -0.25) is 4.72 Å². The first kappa shape index (κ1) is 21.1. The summed E-state index contributed by atoms with van der Waals surface area (Å²) in [4.78, 5) is 9.02. The van der Waals surface area contributed by atoms with Crippen LogP contribution in [0.5, 0.6) is 0 Å². The Morgan fingerprint density at radius 1 is 1.14 bits per heavy atom. The minimum absolute atomic E-state index is 0. The van der Waals surface area contributed by atoms with Gasteiger partial charge in [0, 0.05) is 47.5 Å². The summed E-state index contributed by atoms with van der Waals surface area (Å²) < 4.78 is 29.4. The molecule has 1 aliphatic rings. The fourth-order valence-corrected chi connectivity index (χ4v) is 5.70. The van der Waals surface area contributed by atoms with Crippen molar-refractivity contribution < 1.29 is 8.42 Å². The van der Waals surface area contributed by atoms with Gasteiger partial charge in [0.05, 0.1) is 5.69 Å². The maximum atomic E-state index is 12.8. The molecule has 0 bridgehead atoms. The van der Waals surface area contributed by atoms with E-state index in [2.05, 4.69) is 26.6 Å². The number of rotatable bonds is 4. The molecule has 0 unspecified atom stereocenters. The van der Waals surface area contributed by atoms with Gasteiger partial charge in [0.2, 0.25) is 0 Å². The highest BCUT2D eigenvalue weighted by molar-refractivity contribution is 7.94. The van der Waals surface area contributed by atoms with E-state index in [-0.39, 0.29) is 16.6 Å². The van der Waals surface area contributed by atoms with Gasteiger partial charge < -0.3 is 9.80 Å². The number of pyridine rings is 1. The molecule has 0 spiro atoms. The minimum atomic E-state index is -3.69. The fourth-order valence-electron chi connectivity index (χ4n) is 3.09. The lowest BCUT2D eigenvalue weighted by atomic mass is 10.2. The molecule has 0 saturated carbocycles. The minimum Gasteiger partial charge on any atom is -0.354 e. The van der Waals surface area contributed by atoms with Gasteiger partial charge in [0.25, 0.3) is 10.0 Å². The van der Waals surface area contributed by atoms with E-state index in [0.717, 1.165) is 42.1 Å². The zero-order valence-electron chi connectivity index (χ0n) is 15.1. The van der Waals surface area contributed by atoms with Gasteiger partial charge in [-0.15, -0.1) is 23.7 Å². The summed E-state index contributed by atoms with van der Waals surface area (Å²) in [5.74, 6) is 0.848. The van der Waals surface area contributed by atoms with E-state index in [4.69, 9.17) is 11.6 Å². The van der Waals surface area contributed by atoms with E-state index < -0.39 is 10.0 Å². The van der Waals surface area contributed by atoms with Gasteiger partial charge in [-0.2, -0.15) is 0 Å². The number of sulfonamides is 1.